The van der Waals surface area contributed by atoms with E-state index in [0.717, 1.165) is 60.7 Å². The number of benzene rings is 2. The van der Waals surface area contributed by atoms with Gasteiger partial charge >= 0.3 is 5.97 Å². The van der Waals surface area contributed by atoms with E-state index in [2.05, 4.69) is 14.4 Å². The molecule has 1 N–H and O–H groups in total. The minimum absolute atomic E-state index is 0.117. The zero-order chi connectivity index (χ0) is 28.6. The molecular weight excluding hydrogens is 537 g/mol. The van der Waals surface area contributed by atoms with Gasteiger partial charge in [-0.15, -0.1) is 0 Å². The third-order valence-electron chi connectivity index (χ3n) is 9.77. The van der Waals surface area contributed by atoms with Crippen molar-refractivity contribution in [1.82, 2.24) is 19.4 Å². The number of carboxylic acid groups (broad SMARTS) is 1. The van der Waals surface area contributed by atoms with Gasteiger partial charge in [-0.05, 0) is 62.1 Å². The fourth-order valence-electron chi connectivity index (χ4n) is 7.32. The minimum Gasteiger partial charge on any atom is -0.478 e. The van der Waals surface area contributed by atoms with Gasteiger partial charge in [0.15, 0.2) is 0 Å². The van der Waals surface area contributed by atoms with Crippen LogP contribution in [0.5, 0.6) is 5.88 Å². The molecule has 0 amide bonds. The van der Waals surface area contributed by atoms with Crippen LogP contribution in [0.4, 0.5) is 10.2 Å². The Bertz CT molecular complexity index is 1710. The van der Waals surface area contributed by atoms with Gasteiger partial charge in [0.05, 0.1) is 53.4 Å². The third-order valence-corrected chi connectivity index (χ3v) is 9.77. The van der Waals surface area contributed by atoms with E-state index in [1.54, 1.807) is 18.2 Å². The second-order valence-electron chi connectivity index (χ2n) is 12.0. The largest absolute Gasteiger partial charge is 0.478 e. The molecule has 4 atom stereocenters. The lowest BCUT2D eigenvalue weighted by Gasteiger charge is -2.80. The highest BCUT2D eigenvalue weighted by atomic mass is 19.1. The molecule has 0 bridgehead atoms. The Morgan fingerprint density at radius 2 is 2.02 bits per heavy atom. The smallest absolute Gasteiger partial charge is 0.335 e. The average molecular weight is 570 g/mol. The number of rotatable bonds is 9. The molecule has 1 spiro atoms. The summed E-state index contributed by atoms with van der Waals surface area (Å²) < 4.78 is 28.1. The Labute approximate surface area is 242 Å². The van der Waals surface area contributed by atoms with Crippen LogP contribution in [0.1, 0.15) is 46.6 Å². The van der Waals surface area contributed by atoms with Crippen LogP contribution in [-0.2, 0) is 24.4 Å². The predicted molar refractivity (Wildman–Crippen MR) is 153 cm³/mol. The number of aromatic carboxylic acids is 1. The van der Waals surface area contributed by atoms with Crippen molar-refractivity contribution in [2.24, 2.45) is 0 Å². The van der Waals surface area contributed by atoms with Crippen molar-refractivity contribution in [1.29, 1.82) is 0 Å². The first-order chi connectivity index (χ1) is 20.4. The van der Waals surface area contributed by atoms with Gasteiger partial charge in [0, 0.05) is 24.8 Å². The topological polar surface area (TPSA) is 93.0 Å². The van der Waals surface area contributed by atoms with E-state index in [1.807, 2.05) is 37.3 Å². The van der Waals surface area contributed by atoms with Crippen molar-refractivity contribution in [3.8, 4) is 5.88 Å². The van der Waals surface area contributed by atoms with E-state index in [1.165, 1.54) is 6.07 Å². The van der Waals surface area contributed by atoms with Crippen LogP contribution in [0.3, 0.4) is 0 Å². The number of anilines is 1. The van der Waals surface area contributed by atoms with Crippen molar-refractivity contribution in [3.05, 3.63) is 82.9 Å². The van der Waals surface area contributed by atoms with E-state index in [-0.39, 0.29) is 29.6 Å². The van der Waals surface area contributed by atoms with Crippen LogP contribution in [0.15, 0.2) is 54.6 Å². The zero-order valence-electron chi connectivity index (χ0n) is 23.4. The van der Waals surface area contributed by atoms with Gasteiger partial charge in [-0.2, -0.15) is 4.98 Å². The molecular formula is C32H32FN5O4. The lowest BCUT2D eigenvalue weighted by atomic mass is 9.52. The first kappa shape index (κ1) is 25.7. The molecule has 2 aromatic heterocycles. The van der Waals surface area contributed by atoms with Gasteiger partial charge in [-0.25, -0.2) is 14.2 Å². The fraction of sp³-hybridized carbons (Fsp3) is 0.406. The molecule has 4 aromatic rings. The lowest BCUT2D eigenvalue weighted by Crippen LogP contribution is -2.96. The highest BCUT2D eigenvalue weighted by molar-refractivity contribution is 5.92. The summed E-state index contributed by atoms with van der Waals surface area (Å²) in [4.78, 5) is 26.4. The second-order valence-corrected chi connectivity index (χ2v) is 12.0. The molecule has 1 saturated carbocycles. The van der Waals surface area contributed by atoms with Gasteiger partial charge in [-0.3, -0.25) is 4.90 Å². The normalized spacial score (nSPS) is 26.0. The SMILES string of the molecule is Cc1ccc(COc2cccc(N3C4CCC45C3CN5Cc3nc4ccc(C(=O)O)cc4n3CC3CCO3)n2)c(F)c1. The Morgan fingerprint density at radius 1 is 1.14 bits per heavy atom. The number of carboxylic acids is 1. The van der Waals surface area contributed by atoms with Crippen molar-refractivity contribution in [2.45, 2.75) is 69.6 Å². The van der Waals surface area contributed by atoms with E-state index >= 15 is 0 Å². The van der Waals surface area contributed by atoms with Gasteiger partial charge in [-0.1, -0.05) is 18.2 Å². The maximum atomic E-state index is 14.3. The number of piperazine rings is 1. The molecule has 3 aliphatic heterocycles. The van der Waals surface area contributed by atoms with E-state index in [0.29, 0.717) is 36.6 Å². The van der Waals surface area contributed by atoms with E-state index in [4.69, 9.17) is 19.4 Å². The number of imidazole rings is 1. The number of fused-ring (bicyclic) bond motifs is 1. The summed E-state index contributed by atoms with van der Waals surface area (Å²) in [5.74, 6) is 1.15. The van der Waals surface area contributed by atoms with E-state index < -0.39 is 5.97 Å². The van der Waals surface area contributed by atoms with Crippen LogP contribution in [0, 0.1) is 12.7 Å². The Hall–Kier alpha value is -4.02. The summed E-state index contributed by atoms with van der Waals surface area (Å²) >= 11 is 0. The number of halogens is 1. The molecule has 3 saturated heterocycles. The summed E-state index contributed by atoms with van der Waals surface area (Å²) in [5, 5.41) is 9.56. The van der Waals surface area contributed by atoms with Crippen LogP contribution >= 0.6 is 0 Å². The highest BCUT2D eigenvalue weighted by Crippen LogP contribution is 2.61. The van der Waals surface area contributed by atoms with Crippen molar-refractivity contribution >= 4 is 22.8 Å². The molecule has 1 aliphatic carbocycles. The van der Waals surface area contributed by atoms with Crippen molar-refractivity contribution < 1.29 is 23.8 Å². The minimum atomic E-state index is -0.937. The summed E-state index contributed by atoms with van der Waals surface area (Å²) in [6.45, 7) is 5.06. The van der Waals surface area contributed by atoms with Gasteiger partial charge in [0.25, 0.3) is 0 Å². The number of carbonyl (C=O) groups is 1. The standard InChI is InChI=1S/C32H32FN5O4/c1-19-5-6-21(23(33)13-19)18-42-30-4-2-3-28(35-30)38-26-9-11-32(26)27(38)16-36(32)17-29-34-24-8-7-20(31(39)40)14-25(24)37(29)15-22-10-12-41-22/h2-8,13-14,22,26-27H,9-12,15-18H2,1H3,(H,39,40). The molecule has 216 valence electrons. The maximum Gasteiger partial charge on any atom is 0.335 e. The van der Waals surface area contributed by atoms with Gasteiger partial charge in [0.1, 0.15) is 24.1 Å². The molecule has 8 rings (SSSR count). The molecule has 4 fully saturated rings. The number of pyridine rings is 1. The number of nitrogens with zero attached hydrogens (tertiary/aromatic N) is 5. The van der Waals surface area contributed by atoms with Crippen LogP contribution in [0.25, 0.3) is 11.0 Å². The number of piperidine rings is 1. The molecule has 0 radical (unpaired) electrons. The van der Waals surface area contributed by atoms with Gasteiger partial charge in [0.2, 0.25) is 5.88 Å². The molecule has 4 unspecified atom stereocenters. The number of aromatic nitrogens is 3. The predicted octanol–water partition coefficient (Wildman–Crippen LogP) is 4.55. The lowest BCUT2D eigenvalue weighted by molar-refractivity contribution is -0.183. The molecule has 42 heavy (non-hydrogen) atoms. The Balaban J connectivity index is 0.995. The molecule has 10 heteroatoms. The summed E-state index contributed by atoms with van der Waals surface area (Å²) in [5.41, 5.74) is 3.44. The summed E-state index contributed by atoms with van der Waals surface area (Å²) in [7, 11) is 0. The second kappa shape index (κ2) is 9.50. The first-order valence-electron chi connectivity index (χ1n) is 14.6. The van der Waals surface area contributed by atoms with E-state index in [9.17, 15) is 14.3 Å². The zero-order valence-corrected chi connectivity index (χ0v) is 23.4. The number of hydrogen-bond donors (Lipinski definition) is 1. The number of hydrogen-bond acceptors (Lipinski definition) is 7. The molecule has 5 heterocycles. The Kier molecular flexibility index (Phi) is 5.81. The summed E-state index contributed by atoms with van der Waals surface area (Å²) in [6.07, 6.45) is 3.37. The summed E-state index contributed by atoms with van der Waals surface area (Å²) in [6, 6.07) is 16.9. The molecule has 4 aliphatic rings. The number of aryl methyl sites for hydroxylation is 1. The average Bonchev–Trinajstić information content (AvgIpc) is 3.26. The number of ether oxygens (including phenoxy) is 2. The number of likely N-dealkylation sites (tertiary alicyclic amines) is 1. The van der Waals surface area contributed by atoms with Crippen molar-refractivity contribution in [3.63, 3.8) is 0 Å². The molecule has 9 nitrogen and oxygen atoms in total. The van der Waals surface area contributed by atoms with Gasteiger partial charge < -0.3 is 24.0 Å². The first-order valence-corrected chi connectivity index (χ1v) is 14.6. The Morgan fingerprint density at radius 3 is 2.74 bits per heavy atom. The van der Waals surface area contributed by atoms with Crippen LogP contribution in [0.2, 0.25) is 0 Å². The van der Waals surface area contributed by atoms with Crippen LogP contribution < -0.4 is 9.64 Å². The molecule has 2 aromatic carbocycles. The maximum absolute atomic E-state index is 14.3. The quantitative estimate of drug-likeness (QED) is 0.314. The highest BCUT2D eigenvalue weighted by Gasteiger charge is 2.75. The monoisotopic (exact) mass is 569 g/mol. The fourth-order valence-corrected chi connectivity index (χ4v) is 7.32. The van der Waals surface area contributed by atoms with Crippen LogP contribution in [-0.4, -0.2) is 67.4 Å². The van der Waals surface area contributed by atoms with Crippen molar-refractivity contribution in [2.75, 3.05) is 18.1 Å². The third kappa shape index (κ3) is 3.85.